The first-order valence-electron chi connectivity index (χ1n) is 5.50. The lowest BCUT2D eigenvalue weighted by Gasteiger charge is -2.21. The second-order valence-corrected chi connectivity index (χ2v) is 4.02. The van der Waals surface area contributed by atoms with Gasteiger partial charge in [0.05, 0.1) is 12.9 Å². The van der Waals surface area contributed by atoms with Crippen molar-refractivity contribution in [3.8, 4) is 0 Å². The molecule has 0 aliphatic heterocycles. The molecule has 0 atom stereocenters. The maximum Gasteiger partial charge on any atom is 0.105 e. The van der Waals surface area contributed by atoms with E-state index in [1.165, 1.54) is 0 Å². The summed E-state index contributed by atoms with van der Waals surface area (Å²) in [6.45, 7) is 2.69. The van der Waals surface area contributed by atoms with E-state index in [0.717, 1.165) is 29.1 Å². The van der Waals surface area contributed by atoms with Crippen LogP contribution < -0.4 is 4.90 Å². The summed E-state index contributed by atoms with van der Waals surface area (Å²) in [5, 5.41) is 9.26. The van der Waals surface area contributed by atoms with Gasteiger partial charge in [-0.05, 0) is 19.1 Å². The minimum atomic E-state index is -0.00210. The van der Waals surface area contributed by atoms with E-state index in [2.05, 4.69) is 9.88 Å². The molecule has 0 aliphatic carbocycles. The van der Waals surface area contributed by atoms with Crippen molar-refractivity contribution in [2.24, 2.45) is 0 Å². The second kappa shape index (κ2) is 5.01. The van der Waals surface area contributed by atoms with E-state index >= 15 is 0 Å². The Morgan fingerprint density at radius 3 is 2.82 bits per heavy atom. The van der Waals surface area contributed by atoms with E-state index in [1.807, 2.05) is 26.1 Å². The summed E-state index contributed by atoms with van der Waals surface area (Å²) in [5.41, 5.74) is 2.97. The number of hydrogen-bond donors (Lipinski definition) is 1. The number of furan rings is 1. The summed E-state index contributed by atoms with van der Waals surface area (Å²) in [4.78, 5) is 6.08. The van der Waals surface area contributed by atoms with E-state index in [1.54, 1.807) is 18.7 Å². The van der Waals surface area contributed by atoms with Crippen molar-refractivity contribution in [2.45, 2.75) is 20.1 Å². The first kappa shape index (κ1) is 11.7. The minimum absolute atomic E-state index is 0.00210. The van der Waals surface area contributed by atoms with Gasteiger partial charge in [0.15, 0.2) is 0 Å². The Labute approximate surface area is 101 Å². The lowest BCUT2D eigenvalue weighted by atomic mass is 10.2. The summed E-state index contributed by atoms with van der Waals surface area (Å²) in [6.07, 6.45) is 5.11. The van der Waals surface area contributed by atoms with Crippen molar-refractivity contribution in [1.82, 2.24) is 4.98 Å². The molecule has 0 radical (unpaired) electrons. The van der Waals surface area contributed by atoms with Crippen molar-refractivity contribution in [2.75, 3.05) is 11.9 Å². The van der Waals surface area contributed by atoms with Gasteiger partial charge in [0, 0.05) is 42.8 Å². The van der Waals surface area contributed by atoms with Crippen LogP contribution in [0.3, 0.4) is 0 Å². The highest BCUT2D eigenvalue weighted by Crippen LogP contribution is 2.21. The molecule has 17 heavy (non-hydrogen) atoms. The van der Waals surface area contributed by atoms with Crippen molar-refractivity contribution in [3.63, 3.8) is 0 Å². The molecule has 2 aromatic rings. The fraction of sp³-hybridized carbons (Fsp3) is 0.308. The molecular weight excluding hydrogens is 216 g/mol. The van der Waals surface area contributed by atoms with Crippen molar-refractivity contribution >= 4 is 5.69 Å². The highest BCUT2D eigenvalue weighted by molar-refractivity contribution is 5.51. The van der Waals surface area contributed by atoms with E-state index in [9.17, 15) is 5.11 Å². The summed E-state index contributed by atoms with van der Waals surface area (Å²) < 4.78 is 5.27. The van der Waals surface area contributed by atoms with Gasteiger partial charge in [-0.15, -0.1) is 0 Å². The molecule has 0 saturated carbocycles. The first-order valence-corrected chi connectivity index (χ1v) is 5.50. The number of nitrogens with zero attached hydrogens (tertiary/aromatic N) is 2. The number of anilines is 1. The summed E-state index contributed by atoms with van der Waals surface area (Å²) in [5.74, 6) is 0.927. The molecule has 1 N–H and O–H groups in total. The molecular formula is C13H16N2O2. The molecule has 2 rings (SSSR count). The molecule has 0 fully saturated rings. The number of hydrogen-bond acceptors (Lipinski definition) is 4. The number of aliphatic hydroxyl groups excluding tert-OH is 1. The largest absolute Gasteiger partial charge is 0.469 e. The molecule has 4 heteroatoms. The lowest BCUT2D eigenvalue weighted by Crippen LogP contribution is -2.18. The van der Waals surface area contributed by atoms with Crippen LogP contribution in [0.25, 0.3) is 0 Å². The van der Waals surface area contributed by atoms with Crippen LogP contribution in [-0.4, -0.2) is 17.1 Å². The van der Waals surface area contributed by atoms with Crippen LogP contribution in [0.15, 0.2) is 35.2 Å². The number of rotatable bonds is 4. The van der Waals surface area contributed by atoms with E-state index in [-0.39, 0.29) is 6.61 Å². The van der Waals surface area contributed by atoms with Gasteiger partial charge in [0.2, 0.25) is 0 Å². The zero-order valence-electron chi connectivity index (χ0n) is 10.1. The zero-order chi connectivity index (χ0) is 12.3. The Kier molecular flexibility index (Phi) is 3.44. The van der Waals surface area contributed by atoms with E-state index in [0.29, 0.717) is 0 Å². The predicted octanol–water partition coefficient (Wildman–Crippen LogP) is 2.11. The Morgan fingerprint density at radius 2 is 2.18 bits per heavy atom. The average molecular weight is 232 g/mol. The molecule has 0 aromatic carbocycles. The molecule has 4 nitrogen and oxygen atoms in total. The number of aryl methyl sites for hydroxylation is 1. The second-order valence-electron chi connectivity index (χ2n) is 4.02. The van der Waals surface area contributed by atoms with E-state index < -0.39 is 0 Å². The molecule has 0 aliphatic rings. The van der Waals surface area contributed by atoms with Gasteiger partial charge < -0.3 is 14.4 Å². The van der Waals surface area contributed by atoms with Crippen LogP contribution in [0.2, 0.25) is 0 Å². The van der Waals surface area contributed by atoms with Gasteiger partial charge in [0.25, 0.3) is 0 Å². The molecule has 90 valence electrons. The Hall–Kier alpha value is -1.81. The first-order chi connectivity index (χ1) is 8.22. The fourth-order valence-corrected chi connectivity index (χ4v) is 1.83. The topological polar surface area (TPSA) is 49.5 Å². The Morgan fingerprint density at radius 1 is 1.35 bits per heavy atom. The third-order valence-electron chi connectivity index (χ3n) is 2.83. The van der Waals surface area contributed by atoms with Crippen molar-refractivity contribution < 1.29 is 9.52 Å². The standard InChI is InChI=1S/C13H16N2O2/c1-10-11(4-6-17-10)8-15(2)13-3-5-14-7-12(13)9-16/h3-7,16H,8-9H2,1-2H3. The summed E-state index contributed by atoms with van der Waals surface area (Å²) >= 11 is 0. The third-order valence-corrected chi connectivity index (χ3v) is 2.83. The highest BCUT2D eigenvalue weighted by Gasteiger charge is 2.09. The predicted molar refractivity (Wildman–Crippen MR) is 65.7 cm³/mol. The molecule has 0 bridgehead atoms. The van der Waals surface area contributed by atoms with Crippen LogP contribution in [0.5, 0.6) is 0 Å². The van der Waals surface area contributed by atoms with Gasteiger partial charge in [-0.3, -0.25) is 4.98 Å². The quantitative estimate of drug-likeness (QED) is 0.877. The highest BCUT2D eigenvalue weighted by atomic mass is 16.3. The van der Waals surface area contributed by atoms with Gasteiger partial charge in [-0.25, -0.2) is 0 Å². The zero-order valence-corrected chi connectivity index (χ0v) is 10.1. The molecule has 0 amide bonds. The van der Waals surface area contributed by atoms with Gasteiger partial charge in [-0.1, -0.05) is 0 Å². The monoisotopic (exact) mass is 232 g/mol. The SMILES string of the molecule is Cc1occc1CN(C)c1ccncc1CO. The summed E-state index contributed by atoms with van der Waals surface area (Å²) in [7, 11) is 1.99. The molecule has 2 heterocycles. The lowest BCUT2D eigenvalue weighted by molar-refractivity contribution is 0.281. The van der Waals surface area contributed by atoms with Crippen LogP contribution in [-0.2, 0) is 13.2 Å². The summed E-state index contributed by atoms with van der Waals surface area (Å²) in [6, 6.07) is 3.87. The smallest absolute Gasteiger partial charge is 0.105 e. The van der Waals surface area contributed by atoms with Crippen LogP contribution in [0.4, 0.5) is 5.69 Å². The van der Waals surface area contributed by atoms with E-state index in [4.69, 9.17) is 4.42 Å². The number of pyridine rings is 1. The maximum absolute atomic E-state index is 9.26. The minimum Gasteiger partial charge on any atom is -0.469 e. The normalized spacial score (nSPS) is 10.5. The molecule has 0 spiro atoms. The van der Waals surface area contributed by atoms with Crippen molar-refractivity contribution in [1.29, 1.82) is 0 Å². The maximum atomic E-state index is 9.26. The molecule has 0 saturated heterocycles. The molecule has 2 aromatic heterocycles. The van der Waals surface area contributed by atoms with Gasteiger partial charge >= 0.3 is 0 Å². The van der Waals surface area contributed by atoms with Crippen LogP contribution in [0, 0.1) is 6.92 Å². The van der Waals surface area contributed by atoms with Crippen molar-refractivity contribution in [3.05, 3.63) is 47.7 Å². The average Bonchev–Trinajstić information content (AvgIpc) is 2.75. The van der Waals surface area contributed by atoms with Gasteiger partial charge in [0.1, 0.15) is 5.76 Å². The Bertz CT molecular complexity index is 494. The fourth-order valence-electron chi connectivity index (χ4n) is 1.83. The van der Waals surface area contributed by atoms with Crippen LogP contribution in [0.1, 0.15) is 16.9 Å². The number of aromatic nitrogens is 1. The van der Waals surface area contributed by atoms with Crippen LogP contribution >= 0.6 is 0 Å². The Balaban J connectivity index is 2.20. The number of aliphatic hydroxyl groups is 1. The van der Waals surface area contributed by atoms with Gasteiger partial charge in [-0.2, -0.15) is 0 Å². The third kappa shape index (κ3) is 2.47. The molecule has 0 unspecified atom stereocenters.